The maximum absolute atomic E-state index is 12.3. The highest BCUT2D eigenvalue weighted by molar-refractivity contribution is 5.14. The summed E-state index contributed by atoms with van der Waals surface area (Å²) in [5.74, 6) is -6.16. The molecule has 0 aliphatic carbocycles. The molecule has 88 valence electrons. The third kappa shape index (κ3) is 4.27. The Morgan fingerprint density at radius 1 is 0.733 bits per heavy atom. The van der Waals surface area contributed by atoms with E-state index in [-0.39, 0.29) is 0 Å². The van der Waals surface area contributed by atoms with Crippen molar-refractivity contribution in [2.45, 2.75) is 34.6 Å². The Morgan fingerprint density at radius 2 is 1.00 bits per heavy atom. The Kier molecular flexibility index (Phi) is 8.91. The van der Waals surface area contributed by atoms with Crippen LogP contribution in [0.1, 0.15) is 33.3 Å². The number of rotatable bonds is 0. The van der Waals surface area contributed by atoms with Gasteiger partial charge in [0.15, 0.2) is 11.6 Å². The van der Waals surface area contributed by atoms with Gasteiger partial charge in [0, 0.05) is 5.56 Å². The molecule has 0 fully saturated rings. The van der Waals surface area contributed by atoms with Crippen molar-refractivity contribution in [1.82, 2.24) is 4.98 Å². The van der Waals surface area contributed by atoms with Gasteiger partial charge in [-0.25, -0.2) is 8.78 Å². The molecule has 0 radical (unpaired) electrons. The van der Waals surface area contributed by atoms with Crippen LogP contribution in [0, 0.1) is 30.5 Å². The predicted octanol–water partition coefficient (Wildman–Crippen LogP) is 4.00. The highest BCUT2D eigenvalue weighted by atomic mass is 19.2. The second kappa shape index (κ2) is 8.20. The summed E-state index contributed by atoms with van der Waals surface area (Å²) in [5.41, 5.74) is -0.699. The van der Waals surface area contributed by atoms with Gasteiger partial charge < -0.3 is 0 Å². The molecule has 0 saturated carbocycles. The molecule has 0 N–H and O–H groups in total. The van der Waals surface area contributed by atoms with Crippen LogP contribution in [0.2, 0.25) is 0 Å². The van der Waals surface area contributed by atoms with Crippen molar-refractivity contribution in [3.63, 3.8) is 0 Å². The number of nitrogens with zero attached hydrogens (tertiary/aromatic N) is 1. The molecule has 0 saturated heterocycles. The summed E-state index contributed by atoms with van der Waals surface area (Å²) in [5, 5.41) is 0. The fourth-order valence-electron chi connectivity index (χ4n) is 0.590. The highest BCUT2D eigenvalue weighted by Gasteiger charge is 2.16. The first-order valence-electron chi connectivity index (χ1n) is 4.70. The normalized spacial score (nSPS) is 8.33. The van der Waals surface area contributed by atoms with Crippen LogP contribution in [0.25, 0.3) is 0 Å². The van der Waals surface area contributed by atoms with Crippen LogP contribution in [0.4, 0.5) is 17.6 Å². The molecule has 0 aliphatic rings. The maximum Gasteiger partial charge on any atom is 0.252 e. The lowest BCUT2D eigenvalue weighted by molar-refractivity contribution is 0.399. The van der Waals surface area contributed by atoms with E-state index in [9.17, 15) is 17.6 Å². The Labute approximate surface area is 87.1 Å². The molecule has 0 bridgehead atoms. The first kappa shape index (κ1) is 16.3. The van der Waals surface area contributed by atoms with Gasteiger partial charge >= 0.3 is 0 Å². The van der Waals surface area contributed by atoms with Crippen LogP contribution in [-0.4, -0.2) is 4.98 Å². The van der Waals surface area contributed by atoms with Gasteiger partial charge in [-0.2, -0.15) is 13.8 Å². The average Bonchev–Trinajstić information content (AvgIpc) is 2.29. The Bertz CT molecular complexity index is 274. The van der Waals surface area contributed by atoms with Crippen molar-refractivity contribution in [2.75, 3.05) is 0 Å². The molecule has 1 heterocycles. The maximum atomic E-state index is 12.3. The highest BCUT2D eigenvalue weighted by Crippen LogP contribution is 2.14. The van der Waals surface area contributed by atoms with Crippen LogP contribution in [0.5, 0.6) is 0 Å². The smallest absolute Gasteiger partial charge is 0.202 e. The van der Waals surface area contributed by atoms with E-state index in [4.69, 9.17) is 0 Å². The van der Waals surface area contributed by atoms with Gasteiger partial charge in [0.25, 0.3) is 11.9 Å². The zero-order chi connectivity index (χ0) is 12.6. The molecule has 15 heavy (non-hydrogen) atoms. The second-order valence-corrected chi connectivity index (χ2v) is 1.95. The summed E-state index contributed by atoms with van der Waals surface area (Å²) in [7, 11) is 0. The zero-order valence-corrected chi connectivity index (χ0v) is 9.46. The number of halogens is 4. The number of hydrogen-bond donors (Lipinski definition) is 0. The van der Waals surface area contributed by atoms with E-state index in [1.807, 2.05) is 27.7 Å². The monoisotopic (exact) mass is 225 g/mol. The van der Waals surface area contributed by atoms with Crippen LogP contribution >= 0.6 is 0 Å². The van der Waals surface area contributed by atoms with Crippen molar-refractivity contribution in [3.05, 3.63) is 29.1 Å². The van der Waals surface area contributed by atoms with Crippen molar-refractivity contribution >= 4 is 0 Å². The second-order valence-electron chi connectivity index (χ2n) is 1.95. The summed E-state index contributed by atoms with van der Waals surface area (Å²) in [6.45, 7) is 8.93. The van der Waals surface area contributed by atoms with Gasteiger partial charge in [-0.15, -0.1) is 0 Å². The van der Waals surface area contributed by atoms with E-state index in [0.717, 1.165) is 6.92 Å². The lowest BCUT2D eigenvalue weighted by Gasteiger charge is -1.98. The van der Waals surface area contributed by atoms with E-state index in [2.05, 4.69) is 4.98 Å². The van der Waals surface area contributed by atoms with Crippen molar-refractivity contribution in [2.24, 2.45) is 0 Å². The van der Waals surface area contributed by atoms with E-state index in [1.54, 1.807) is 0 Å². The lowest BCUT2D eigenvalue weighted by atomic mass is 10.3. The largest absolute Gasteiger partial charge is 0.252 e. The van der Waals surface area contributed by atoms with Crippen LogP contribution < -0.4 is 0 Å². The molecule has 5 heteroatoms. The van der Waals surface area contributed by atoms with Crippen LogP contribution in [-0.2, 0) is 0 Å². The molecule has 0 atom stereocenters. The molecular weight excluding hydrogens is 210 g/mol. The molecule has 0 aliphatic heterocycles. The summed E-state index contributed by atoms with van der Waals surface area (Å²) < 4.78 is 48.9. The molecule has 1 aromatic heterocycles. The van der Waals surface area contributed by atoms with Crippen molar-refractivity contribution in [1.29, 1.82) is 0 Å². The Morgan fingerprint density at radius 3 is 1.27 bits per heavy atom. The van der Waals surface area contributed by atoms with E-state index in [1.165, 1.54) is 0 Å². The quantitative estimate of drug-likeness (QED) is 0.480. The molecule has 0 amide bonds. The standard InChI is InChI=1S/C6H3F4N.2C2H6/c1-2-3(7)5(9)11-6(10)4(2)8;2*1-2/h1H3;2*1-2H3. The molecular formula is C10H15F4N. The number of pyridine rings is 1. The minimum atomic E-state index is -1.62. The summed E-state index contributed by atoms with van der Waals surface area (Å²) in [4.78, 5) is 2.35. The van der Waals surface area contributed by atoms with Crippen molar-refractivity contribution < 1.29 is 17.6 Å². The van der Waals surface area contributed by atoms with Crippen LogP contribution in [0.15, 0.2) is 0 Å². The topological polar surface area (TPSA) is 12.9 Å². The van der Waals surface area contributed by atoms with E-state index < -0.39 is 29.1 Å². The van der Waals surface area contributed by atoms with Gasteiger partial charge in [0.2, 0.25) is 0 Å². The Balaban J connectivity index is 0. The summed E-state index contributed by atoms with van der Waals surface area (Å²) in [6, 6.07) is 0. The molecule has 0 aromatic carbocycles. The third-order valence-electron chi connectivity index (χ3n) is 1.22. The van der Waals surface area contributed by atoms with Gasteiger partial charge in [-0.1, -0.05) is 27.7 Å². The fourth-order valence-corrected chi connectivity index (χ4v) is 0.590. The van der Waals surface area contributed by atoms with Gasteiger partial charge in [-0.05, 0) is 6.92 Å². The average molecular weight is 225 g/mol. The number of aromatic nitrogens is 1. The van der Waals surface area contributed by atoms with E-state index in [0.29, 0.717) is 0 Å². The molecule has 1 nitrogen and oxygen atoms in total. The predicted molar refractivity (Wildman–Crippen MR) is 51.5 cm³/mol. The zero-order valence-electron chi connectivity index (χ0n) is 9.46. The summed E-state index contributed by atoms with van der Waals surface area (Å²) >= 11 is 0. The molecule has 0 unspecified atom stereocenters. The lowest BCUT2D eigenvalue weighted by Crippen LogP contribution is -2.02. The molecule has 1 aromatic rings. The fraction of sp³-hybridized carbons (Fsp3) is 0.500. The number of hydrogen-bond acceptors (Lipinski definition) is 1. The SMILES string of the molecule is CC.CC.Cc1c(F)c(F)nc(F)c1F. The van der Waals surface area contributed by atoms with E-state index >= 15 is 0 Å². The van der Waals surface area contributed by atoms with Crippen LogP contribution in [0.3, 0.4) is 0 Å². The van der Waals surface area contributed by atoms with Crippen molar-refractivity contribution in [3.8, 4) is 0 Å². The minimum Gasteiger partial charge on any atom is -0.202 e. The summed E-state index contributed by atoms with van der Waals surface area (Å²) in [6.07, 6.45) is 0. The Hall–Kier alpha value is -1.13. The first-order chi connectivity index (χ1) is 7.04. The molecule has 1 rings (SSSR count). The molecule has 0 spiro atoms. The third-order valence-corrected chi connectivity index (χ3v) is 1.22. The minimum absolute atomic E-state index is 0.699. The van der Waals surface area contributed by atoms with Gasteiger partial charge in [0.1, 0.15) is 0 Å². The van der Waals surface area contributed by atoms with Gasteiger partial charge in [0.05, 0.1) is 0 Å². The van der Waals surface area contributed by atoms with Gasteiger partial charge in [-0.3, -0.25) is 0 Å². The first-order valence-corrected chi connectivity index (χ1v) is 4.70.